The van der Waals surface area contributed by atoms with Gasteiger partial charge in [-0.2, -0.15) is 0 Å². The van der Waals surface area contributed by atoms with Crippen LogP contribution >= 0.6 is 24.0 Å². The molecule has 3 rings (SSSR count). The molecule has 0 unspecified atom stereocenters. The lowest BCUT2D eigenvalue weighted by Crippen LogP contribution is -2.38. The first-order chi connectivity index (χ1) is 14.3. The Morgan fingerprint density at radius 1 is 1.00 bits per heavy atom. The van der Waals surface area contributed by atoms with Gasteiger partial charge in [-0.3, -0.25) is 9.89 Å². The average Bonchev–Trinajstić information content (AvgIpc) is 3.27. The topological polar surface area (TPSA) is 58.1 Å². The second-order valence-corrected chi connectivity index (χ2v) is 7.18. The summed E-state index contributed by atoms with van der Waals surface area (Å²) in [5.41, 5.74) is 2.62. The van der Waals surface area contributed by atoms with E-state index in [1.807, 2.05) is 24.3 Å². The van der Waals surface area contributed by atoms with Crippen molar-refractivity contribution >= 4 is 29.9 Å². The summed E-state index contributed by atoms with van der Waals surface area (Å²) in [6, 6.07) is 16.5. The van der Waals surface area contributed by atoms with Crippen molar-refractivity contribution in [1.29, 1.82) is 0 Å². The van der Waals surface area contributed by atoms with Crippen LogP contribution in [0.25, 0.3) is 0 Å². The first kappa shape index (κ1) is 24.3. The van der Waals surface area contributed by atoms with Crippen LogP contribution in [0.5, 0.6) is 11.5 Å². The molecule has 0 atom stereocenters. The summed E-state index contributed by atoms with van der Waals surface area (Å²) in [5, 5.41) is 6.62. The number of guanidine groups is 1. The van der Waals surface area contributed by atoms with Crippen LogP contribution in [0.4, 0.5) is 0 Å². The van der Waals surface area contributed by atoms with Gasteiger partial charge in [0.1, 0.15) is 18.1 Å². The summed E-state index contributed by atoms with van der Waals surface area (Å²) < 4.78 is 10.9. The van der Waals surface area contributed by atoms with Gasteiger partial charge in [0, 0.05) is 26.2 Å². The predicted molar refractivity (Wildman–Crippen MR) is 133 cm³/mol. The van der Waals surface area contributed by atoms with E-state index in [2.05, 4.69) is 44.8 Å². The van der Waals surface area contributed by atoms with Crippen LogP contribution < -0.4 is 20.1 Å². The number of nitrogens with zero attached hydrogens (tertiary/aromatic N) is 2. The molecule has 0 bridgehead atoms. The Kier molecular flexibility index (Phi) is 10.8. The van der Waals surface area contributed by atoms with Gasteiger partial charge >= 0.3 is 0 Å². The van der Waals surface area contributed by atoms with Crippen molar-refractivity contribution < 1.29 is 9.47 Å². The number of benzene rings is 2. The molecule has 2 aromatic rings. The molecule has 7 heteroatoms. The average molecular weight is 524 g/mol. The third kappa shape index (κ3) is 8.02. The Labute approximate surface area is 197 Å². The largest absolute Gasteiger partial charge is 0.497 e. The highest BCUT2D eigenvalue weighted by atomic mass is 127. The minimum atomic E-state index is 0. The van der Waals surface area contributed by atoms with Gasteiger partial charge in [-0.25, -0.2) is 0 Å². The smallest absolute Gasteiger partial charge is 0.191 e. The maximum Gasteiger partial charge on any atom is 0.191 e. The second-order valence-electron chi connectivity index (χ2n) is 7.18. The van der Waals surface area contributed by atoms with E-state index in [9.17, 15) is 0 Å². The van der Waals surface area contributed by atoms with Gasteiger partial charge in [-0.15, -0.1) is 24.0 Å². The summed E-state index contributed by atoms with van der Waals surface area (Å²) >= 11 is 0. The first-order valence-corrected chi connectivity index (χ1v) is 10.3. The lowest BCUT2D eigenvalue weighted by molar-refractivity contribution is 0.319. The monoisotopic (exact) mass is 524 g/mol. The molecule has 2 N–H and O–H groups in total. The molecule has 0 spiro atoms. The fourth-order valence-corrected chi connectivity index (χ4v) is 3.40. The molecule has 1 fully saturated rings. The van der Waals surface area contributed by atoms with Gasteiger partial charge in [0.25, 0.3) is 0 Å². The van der Waals surface area contributed by atoms with E-state index in [-0.39, 0.29) is 24.0 Å². The fourth-order valence-electron chi connectivity index (χ4n) is 3.40. The third-order valence-corrected chi connectivity index (χ3v) is 5.02. The molecule has 0 amide bonds. The zero-order chi connectivity index (χ0) is 20.3. The number of methoxy groups -OCH3 is 1. The predicted octanol–water partition coefficient (Wildman–Crippen LogP) is 3.65. The molecule has 0 saturated carbocycles. The van der Waals surface area contributed by atoms with Crippen LogP contribution in [0.1, 0.15) is 24.0 Å². The van der Waals surface area contributed by atoms with Crippen molar-refractivity contribution in [3.63, 3.8) is 0 Å². The maximum atomic E-state index is 5.74. The summed E-state index contributed by atoms with van der Waals surface area (Å²) in [5.74, 6) is 2.35. The molecule has 0 aliphatic carbocycles. The van der Waals surface area contributed by atoms with Gasteiger partial charge in [-0.1, -0.05) is 30.3 Å². The molecule has 164 valence electrons. The minimum absolute atomic E-state index is 0. The summed E-state index contributed by atoms with van der Waals surface area (Å²) in [6.07, 6.45) is 2.66. The zero-order valence-corrected chi connectivity index (χ0v) is 20.2. The van der Waals surface area contributed by atoms with Gasteiger partial charge in [0.2, 0.25) is 0 Å². The zero-order valence-electron chi connectivity index (χ0n) is 17.9. The Morgan fingerprint density at radius 3 is 2.40 bits per heavy atom. The van der Waals surface area contributed by atoms with Crippen molar-refractivity contribution in [2.45, 2.75) is 25.9 Å². The van der Waals surface area contributed by atoms with Crippen molar-refractivity contribution in [1.82, 2.24) is 15.5 Å². The highest BCUT2D eigenvalue weighted by Crippen LogP contribution is 2.18. The van der Waals surface area contributed by atoms with E-state index < -0.39 is 0 Å². The normalized spacial score (nSPS) is 14.1. The van der Waals surface area contributed by atoms with Crippen LogP contribution in [0.3, 0.4) is 0 Å². The van der Waals surface area contributed by atoms with Crippen LogP contribution in [-0.4, -0.2) is 51.3 Å². The highest BCUT2D eigenvalue weighted by molar-refractivity contribution is 14.0. The second kappa shape index (κ2) is 13.3. The Morgan fingerprint density at radius 2 is 1.70 bits per heavy atom. The Hall–Kier alpha value is -2.00. The van der Waals surface area contributed by atoms with Gasteiger partial charge < -0.3 is 20.1 Å². The summed E-state index contributed by atoms with van der Waals surface area (Å²) in [4.78, 5) is 6.79. The number of rotatable bonds is 9. The SMILES string of the molecule is CN=C(NCCOc1cccc(OC)c1)NCc1ccc(CN2CCCC2)cc1.I. The van der Waals surface area contributed by atoms with Gasteiger partial charge in [-0.05, 0) is 49.2 Å². The molecular weight excluding hydrogens is 491 g/mol. The van der Waals surface area contributed by atoms with Crippen LogP contribution in [0.15, 0.2) is 53.5 Å². The van der Waals surface area contributed by atoms with E-state index in [0.29, 0.717) is 13.2 Å². The standard InChI is InChI=1S/C23H32N4O2.HI/c1-24-23(25-12-15-29-22-7-5-6-21(16-22)28-2)26-17-19-8-10-20(11-9-19)18-27-13-3-4-14-27;/h5-11,16H,3-4,12-15,17-18H2,1-2H3,(H2,24,25,26);1H. The van der Waals surface area contributed by atoms with Crippen molar-refractivity contribution in [2.24, 2.45) is 4.99 Å². The summed E-state index contributed by atoms with van der Waals surface area (Å²) in [7, 11) is 3.43. The molecule has 0 aromatic heterocycles. The van der Waals surface area contributed by atoms with E-state index in [4.69, 9.17) is 9.47 Å². The number of likely N-dealkylation sites (tertiary alicyclic amines) is 1. The van der Waals surface area contributed by atoms with Gasteiger partial charge in [0.05, 0.1) is 13.7 Å². The number of halogens is 1. The number of aliphatic imine (C=N–C) groups is 1. The Bertz CT molecular complexity index is 777. The minimum Gasteiger partial charge on any atom is -0.497 e. The van der Waals surface area contributed by atoms with E-state index in [1.165, 1.54) is 37.1 Å². The first-order valence-electron chi connectivity index (χ1n) is 10.3. The van der Waals surface area contributed by atoms with Crippen LogP contribution in [-0.2, 0) is 13.1 Å². The molecular formula is C23H33IN4O2. The van der Waals surface area contributed by atoms with Crippen molar-refractivity contribution in [2.75, 3.05) is 40.4 Å². The molecule has 6 nitrogen and oxygen atoms in total. The van der Waals surface area contributed by atoms with Crippen molar-refractivity contribution in [3.05, 3.63) is 59.7 Å². The number of ether oxygens (including phenoxy) is 2. The van der Waals surface area contributed by atoms with E-state index in [1.54, 1.807) is 14.2 Å². The molecule has 1 heterocycles. The van der Waals surface area contributed by atoms with E-state index >= 15 is 0 Å². The fraction of sp³-hybridized carbons (Fsp3) is 0.435. The molecule has 1 saturated heterocycles. The maximum absolute atomic E-state index is 5.74. The lowest BCUT2D eigenvalue weighted by Gasteiger charge is -2.15. The summed E-state index contributed by atoms with van der Waals surface area (Å²) in [6.45, 7) is 5.45. The van der Waals surface area contributed by atoms with Crippen LogP contribution in [0.2, 0.25) is 0 Å². The third-order valence-electron chi connectivity index (χ3n) is 5.02. The van der Waals surface area contributed by atoms with Gasteiger partial charge in [0.15, 0.2) is 5.96 Å². The lowest BCUT2D eigenvalue weighted by atomic mass is 10.1. The number of nitrogens with one attached hydrogen (secondary N) is 2. The van der Waals surface area contributed by atoms with E-state index in [0.717, 1.165) is 30.5 Å². The quantitative estimate of drug-likeness (QED) is 0.227. The molecule has 2 aromatic carbocycles. The number of hydrogen-bond acceptors (Lipinski definition) is 4. The molecule has 0 radical (unpaired) electrons. The number of hydrogen-bond donors (Lipinski definition) is 2. The molecule has 1 aliphatic rings. The van der Waals surface area contributed by atoms with Crippen LogP contribution in [0, 0.1) is 0 Å². The molecule has 30 heavy (non-hydrogen) atoms. The van der Waals surface area contributed by atoms with Crippen molar-refractivity contribution in [3.8, 4) is 11.5 Å². The Balaban J connectivity index is 0.00000320. The molecule has 1 aliphatic heterocycles. The highest BCUT2D eigenvalue weighted by Gasteiger charge is 2.11.